The molecule has 1 nitrogen and oxygen atoms in total. The Hall–Kier alpha value is -0.530. The third-order valence-electron chi connectivity index (χ3n) is 4.47. The van der Waals surface area contributed by atoms with E-state index in [4.69, 9.17) is 11.6 Å². The van der Waals surface area contributed by atoms with E-state index in [0.717, 1.165) is 23.3 Å². The normalized spacial score (nSPS) is 25.3. The molecule has 3 unspecified atom stereocenters. The van der Waals surface area contributed by atoms with Crippen molar-refractivity contribution in [2.45, 2.75) is 45.1 Å². The molecule has 0 bridgehead atoms. The molecule has 100 valence electrons. The molecule has 1 aromatic carbocycles. The first-order valence-corrected chi connectivity index (χ1v) is 7.52. The second-order valence-electron chi connectivity index (χ2n) is 5.57. The first-order chi connectivity index (χ1) is 8.72. The van der Waals surface area contributed by atoms with Gasteiger partial charge in [0.25, 0.3) is 0 Å². The van der Waals surface area contributed by atoms with Crippen LogP contribution < -0.4 is 5.32 Å². The van der Waals surface area contributed by atoms with Gasteiger partial charge in [-0.25, -0.2) is 0 Å². The Morgan fingerprint density at radius 1 is 1.28 bits per heavy atom. The van der Waals surface area contributed by atoms with Crippen LogP contribution in [0.5, 0.6) is 0 Å². The van der Waals surface area contributed by atoms with Gasteiger partial charge in [-0.3, -0.25) is 0 Å². The van der Waals surface area contributed by atoms with Gasteiger partial charge >= 0.3 is 0 Å². The highest BCUT2D eigenvalue weighted by Gasteiger charge is 2.29. The van der Waals surface area contributed by atoms with E-state index >= 15 is 0 Å². The van der Waals surface area contributed by atoms with Crippen LogP contribution in [0.2, 0.25) is 5.02 Å². The van der Waals surface area contributed by atoms with Crippen LogP contribution in [-0.4, -0.2) is 13.1 Å². The van der Waals surface area contributed by atoms with E-state index in [0.29, 0.717) is 6.04 Å². The van der Waals surface area contributed by atoms with Crippen molar-refractivity contribution < 1.29 is 0 Å². The minimum absolute atomic E-state index is 0.614. The minimum Gasteiger partial charge on any atom is -0.316 e. The monoisotopic (exact) mass is 265 g/mol. The molecular formula is C16H24ClN. The zero-order chi connectivity index (χ0) is 13.0. The van der Waals surface area contributed by atoms with E-state index in [1.54, 1.807) is 0 Å². The lowest BCUT2D eigenvalue weighted by molar-refractivity contribution is 0.361. The summed E-state index contributed by atoms with van der Waals surface area (Å²) in [5, 5.41) is 4.34. The van der Waals surface area contributed by atoms with Crippen molar-refractivity contribution in [3.05, 3.63) is 34.9 Å². The molecule has 1 N–H and O–H groups in total. The first-order valence-electron chi connectivity index (χ1n) is 7.14. The van der Waals surface area contributed by atoms with Crippen molar-refractivity contribution in [2.24, 2.45) is 11.8 Å². The predicted octanol–water partition coefficient (Wildman–Crippen LogP) is 4.30. The molecule has 18 heavy (non-hydrogen) atoms. The second kappa shape index (κ2) is 6.58. The van der Waals surface area contributed by atoms with E-state index in [1.807, 2.05) is 12.1 Å². The number of hydrogen-bond acceptors (Lipinski definition) is 1. The van der Waals surface area contributed by atoms with Crippen molar-refractivity contribution in [3.8, 4) is 0 Å². The highest BCUT2D eigenvalue weighted by Crippen LogP contribution is 2.35. The Balaban J connectivity index is 1.95. The highest BCUT2D eigenvalue weighted by atomic mass is 35.5. The molecule has 0 aromatic heterocycles. The van der Waals surface area contributed by atoms with Crippen molar-refractivity contribution in [2.75, 3.05) is 7.05 Å². The lowest BCUT2D eigenvalue weighted by Gasteiger charge is -2.23. The molecule has 0 heterocycles. The van der Waals surface area contributed by atoms with Crippen LogP contribution in [0.15, 0.2) is 24.3 Å². The van der Waals surface area contributed by atoms with Crippen LogP contribution in [0.4, 0.5) is 0 Å². The molecule has 1 aliphatic carbocycles. The summed E-state index contributed by atoms with van der Waals surface area (Å²) in [5.41, 5.74) is 1.39. The fourth-order valence-corrected chi connectivity index (χ4v) is 3.35. The average molecular weight is 266 g/mol. The van der Waals surface area contributed by atoms with Crippen LogP contribution in [0.3, 0.4) is 0 Å². The van der Waals surface area contributed by atoms with E-state index in [-0.39, 0.29) is 0 Å². The number of rotatable bonds is 5. The molecule has 1 aliphatic rings. The summed E-state index contributed by atoms with van der Waals surface area (Å²) in [5.74, 6) is 1.80. The van der Waals surface area contributed by atoms with Gasteiger partial charge in [0.2, 0.25) is 0 Å². The minimum atomic E-state index is 0.614. The van der Waals surface area contributed by atoms with E-state index < -0.39 is 0 Å². The molecule has 0 saturated heterocycles. The van der Waals surface area contributed by atoms with Gasteiger partial charge in [0, 0.05) is 11.1 Å². The number of benzene rings is 1. The van der Waals surface area contributed by atoms with Gasteiger partial charge in [0.1, 0.15) is 0 Å². The van der Waals surface area contributed by atoms with Crippen molar-refractivity contribution in [1.29, 1.82) is 0 Å². The van der Waals surface area contributed by atoms with Gasteiger partial charge in [-0.1, -0.05) is 43.5 Å². The van der Waals surface area contributed by atoms with Gasteiger partial charge < -0.3 is 5.32 Å². The topological polar surface area (TPSA) is 12.0 Å². The van der Waals surface area contributed by atoms with Crippen LogP contribution in [0.1, 0.15) is 38.2 Å². The van der Waals surface area contributed by atoms with Crippen LogP contribution >= 0.6 is 11.6 Å². The van der Waals surface area contributed by atoms with Crippen LogP contribution in [0, 0.1) is 11.8 Å². The molecular weight excluding hydrogens is 242 g/mol. The van der Waals surface area contributed by atoms with Gasteiger partial charge in [0.05, 0.1) is 0 Å². The quantitative estimate of drug-likeness (QED) is 0.837. The Morgan fingerprint density at radius 2 is 2.00 bits per heavy atom. The average Bonchev–Trinajstić information content (AvgIpc) is 2.87. The van der Waals surface area contributed by atoms with Gasteiger partial charge in [-0.15, -0.1) is 0 Å². The summed E-state index contributed by atoms with van der Waals surface area (Å²) >= 11 is 5.93. The summed E-state index contributed by atoms with van der Waals surface area (Å²) in [4.78, 5) is 0. The van der Waals surface area contributed by atoms with Gasteiger partial charge in [-0.05, 0) is 55.8 Å². The Kier molecular flexibility index (Phi) is 5.08. The zero-order valence-corrected chi connectivity index (χ0v) is 12.2. The van der Waals surface area contributed by atoms with Crippen molar-refractivity contribution >= 4 is 11.6 Å². The van der Waals surface area contributed by atoms with E-state index in [1.165, 1.54) is 31.2 Å². The van der Waals surface area contributed by atoms with Crippen LogP contribution in [-0.2, 0) is 6.42 Å². The first kappa shape index (κ1) is 13.9. The molecule has 1 aromatic rings. The van der Waals surface area contributed by atoms with E-state index in [9.17, 15) is 0 Å². The summed E-state index contributed by atoms with van der Waals surface area (Å²) in [7, 11) is 2.10. The summed E-state index contributed by atoms with van der Waals surface area (Å²) in [6.45, 7) is 2.32. The summed E-state index contributed by atoms with van der Waals surface area (Å²) < 4.78 is 0. The Morgan fingerprint density at radius 3 is 2.56 bits per heavy atom. The largest absolute Gasteiger partial charge is 0.316 e. The third-order valence-corrected chi connectivity index (χ3v) is 4.72. The number of halogens is 1. The summed E-state index contributed by atoms with van der Waals surface area (Å²) in [6, 6.07) is 8.90. The number of nitrogens with one attached hydrogen (secondary N) is 1. The number of hydrogen-bond donors (Lipinski definition) is 1. The predicted molar refractivity (Wildman–Crippen MR) is 79.1 cm³/mol. The van der Waals surface area contributed by atoms with Gasteiger partial charge in [0.15, 0.2) is 0 Å². The zero-order valence-electron chi connectivity index (χ0n) is 11.5. The molecule has 3 atom stereocenters. The molecule has 2 heteroatoms. The van der Waals surface area contributed by atoms with Crippen LogP contribution in [0.25, 0.3) is 0 Å². The lowest BCUT2D eigenvalue weighted by Crippen LogP contribution is -2.34. The maximum Gasteiger partial charge on any atom is 0.0406 e. The molecule has 0 radical (unpaired) electrons. The standard InChI is InChI=1S/C16H24ClN/c1-3-12-4-7-14(10-12)16(18-2)11-13-5-8-15(17)9-6-13/h5-6,8-9,12,14,16,18H,3-4,7,10-11H2,1-2H3. The Labute approximate surface area is 116 Å². The molecule has 1 fully saturated rings. The third kappa shape index (κ3) is 3.49. The Bertz CT molecular complexity index is 360. The van der Waals surface area contributed by atoms with Crippen molar-refractivity contribution in [1.82, 2.24) is 5.32 Å². The molecule has 0 amide bonds. The molecule has 2 rings (SSSR count). The molecule has 0 spiro atoms. The van der Waals surface area contributed by atoms with Gasteiger partial charge in [-0.2, -0.15) is 0 Å². The highest BCUT2D eigenvalue weighted by molar-refractivity contribution is 6.30. The van der Waals surface area contributed by atoms with E-state index in [2.05, 4.69) is 31.4 Å². The second-order valence-corrected chi connectivity index (χ2v) is 6.01. The lowest BCUT2D eigenvalue weighted by atomic mass is 9.91. The maximum absolute atomic E-state index is 5.93. The van der Waals surface area contributed by atoms with Crippen molar-refractivity contribution in [3.63, 3.8) is 0 Å². The maximum atomic E-state index is 5.93. The summed E-state index contributed by atoms with van der Waals surface area (Å²) in [6.07, 6.45) is 6.66. The molecule has 1 saturated carbocycles. The molecule has 0 aliphatic heterocycles. The number of likely N-dealkylation sites (N-methyl/N-ethyl adjacent to an activating group) is 1. The smallest absolute Gasteiger partial charge is 0.0406 e. The fraction of sp³-hybridized carbons (Fsp3) is 0.625. The fourth-order valence-electron chi connectivity index (χ4n) is 3.23. The SMILES string of the molecule is CCC1CCC(C(Cc2ccc(Cl)cc2)NC)C1.